The molecule has 11 heavy (non-hydrogen) atoms. The zero-order chi connectivity index (χ0) is 8.27. The molecule has 0 radical (unpaired) electrons. The lowest BCUT2D eigenvalue weighted by atomic mass is 10.1. The standard InChI is InChI=1S/C8H11N3/c1-6(11-10)7-4-2-3-5-8(7)9/h2-5H,9-10H2,1H3/b11-6-. The lowest BCUT2D eigenvalue weighted by Crippen LogP contribution is -2.02. The van der Waals surface area contributed by atoms with Gasteiger partial charge in [0.15, 0.2) is 0 Å². The Labute approximate surface area is 65.7 Å². The van der Waals surface area contributed by atoms with Crippen molar-refractivity contribution in [3.8, 4) is 0 Å². The molecule has 0 saturated carbocycles. The van der Waals surface area contributed by atoms with Gasteiger partial charge < -0.3 is 11.6 Å². The first-order valence-electron chi connectivity index (χ1n) is 3.35. The highest BCUT2D eigenvalue weighted by molar-refractivity contribution is 6.02. The maximum atomic E-state index is 5.66. The van der Waals surface area contributed by atoms with E-state index in [4.69, 9.17) is 11.6 Å². The Morgan fingerprint density at radius 3 is 2.55 bits per heavy atom. The summed E-state index contributed by atoms with van der Waals surface area (Å²) in [6.45, 7) is 1.83. The SMILES string of the molecule is C/C(=N/N)c1ccccc1N. The van der Waals surface area contributed by atoms with Gasteiger partial charge in [0.25, 0.3) is 0 Å². The Hall–Kier alpha value is -1.51. The number of hydrogen-bond donors (Lipinski definition) is 2. The molecule has 58 valence electrons. The molecule has 1 aromatic rings. The summed E-state index contributed by atoms with van der Waals surface area (Å²) in [5.74, 6) is 5.11. The zero-order valence-corrected chi connectivity index (χ0v) is 6.41. The van der Waals surface area contributed by atoms with Crippen molar-refractivity contribution < 1.29 is 0 Å². The van der Waals surface area contributed by atoms with Gasteiger partial charge in [0, 0.05) is 11.3 Å². The van der Waals surface area contributed by atoms with Crippen LogP contribution < -0.4 is 11.6 Å². The molecule has 0 saturated heterocycles. The van der Waals surface area contributed by atoms with E-state index in [2.05, 4.69) is 5.10 Å². The van der Waals surface area contributed by atoms with Crippen LogP contribution in [0.15, 0.2) is 29.4 Å². The first-order valence-corrected chi connectivity index (χ1v) is 3.35. The van der Waals surface area contributed by atoms with Crippen LogP contribution in [0.5, 0.6) is 0 Å². The maximum absolute atomic E-state index is 5.66. The van der Waals surface area contributed by atoms with E-state index in [0.29, 0.717) is 5.69 Å². The molecule has 0 atom stereocenters. The number of nitrogens with zero attached hydrogens (tertiary/aromatic N) is 1. The van der Waals surface area contributed by atoms with Crippen molar-refractivity contribution in [2.75, 3.05) is 5.73 Å². The highest BCUT2D eigenvalue weighted by Crippen LogP contribution is 2.10. The van der Waals surface area contributed by atoms with Crippen LogP contribution in [0.2, 0.25) is 0 Å². The minimum Gasteiger partial charge on any atom is -0.398 e. The van der Waals surface area contributed by atoms with Gasteiger partial charge in [0.05, 0.1) is 5.71 Å². The molecular formula is C8H11N3. The number of hydrazone groups is 1. The minimum atomic E-state index is 0.708. The Morgan fingerprint density at radius 1 is 1.36 bits per heavy atom. The van der Waals surface area contributed by atoms with Crippen molar-refractivity contribution in [1.29, 1.82) is 0 Å². The molecule has 1 rings (SSSR count). The summed E-state index contributed by atoms with van der Waals surface area (Å²) >= 11 is 0. The van der Waals surface area contributed by atoms with Gasteiger partial charge in [0.1, 0.15) is 0 Å². The summed E-state index contributed by atoms with van der Waals surface area (Å²) in [5, 5.41) is 3.56. The smallest absolute Gasteiger partial charge is 0.0662 e. The van der Waals surface area contributed by atoms with Crippen molar-refractivity contribution in [2.45, 2.75) is 6.92 Å². The molecule has 0 fully saturated rings. The Balaban J connectivity index is 3.14. The Kier molecular flexibility index (Phi) is 2.11. The normalized spacial score (nSPS) is 11.5. The second kappa shape index (κ2) is 3.05. The van der Waals surface area contributed by atoms with E-state index in [1.165, 1.54) is 0 Å². The van der Waals surface area contributed by atoms with Crippen LogP contribution in [-0.2, 0) is 0 Å². The largest absolute Gasteiger partial charge is 0.398 e. The minimum absolute atomic E-state index is 0.708. The van der Waals surface area contributed by atoms with Crippen LogP contribution in [-0.4, -0.2) is 5.71 Å². The molecule has 0 spiro atoms. The van der Waals surface area contributed by atoms with E-state index in [1.807, 2.05) is 31.2 Å². The van der Waals surface area contributed by atoms with Crippen LogP contribution in [0, 0.1) is 0 Å². The second-order valence-electron chi connectivity index (χ2n) is 2.30. The fourth-order valence-electron chi connectivity index (χ4n) is 0.896. The predicted octanol–water partition coefficient (Wildman–Crippen LogP) is 0.952. The van der Waals surface area contributed by atoms with Crippen LogP contribution in [0.3, 0.4) is 0 Å². The molecule has 0 bridgehead atoms. The number of para-hydroxylation sites is 1. The highest BCUT2D eigenvalue weighted by Gasteiger charge is 1.99. The summed E-state index contributed by atoms with van der Waals surface area (Å²) in [5.41, 5.74) is 8.02. The van der Waals surface area contributed by atoms with Gasteiger partial charge in [-0.1, -0.05) is 18.2 Å². The van der Waals surface area contributed by atoms with Gasteiger partial charge in [-0.25, -0.2) is 0 Å². The summed E-state index contributed by atoms with van der Waals surface area (Å²) in [7, 11) is 0. The summed E-state index contributed by atoms with van der Waals surface area (Å²) < 4.78 is 0. The number of rotatable bonds is 1. The van der Waals surface area contributed by atoms with E-state index in [0.717, 1.165) is 11.3 Å². The van der Waals surface area contributed by atoms with E-state index in [-0.39, 0.29) is 0 Å². The van der Waals surface area contributed by atoms with Crippen molar-refractivity contribution in [1.82, 2.24) is 0 Å². The molecule has 0 amide bonds. The van der Waals surface area contributed by atoms with E-state index >= 15 is 0 Å². The van der Waals surface area contributed by atoms with Crippen LogP contribution >= 0.6 is 0 Å². The van der Waals surface area contributed by atoms with Gasteiger partial charge in [-0.15, -0.1) is 0 Å². The molecule has 0 heterocycles. The van der Waals surface area contributed by atoms with Crippen LogP contribution in [0.4, 0.5) is 5.69 Å². The van der Waals surface area contributed by atoms with Crippen LogP contribution in [0.25, 0.3) is 0 Å². The lowest BCUT2D eigenvalue weighted by molar-refractivity contribution is 1.24. The maximum Gasteiger partial charge on any atom is 0.0662 e. The Bertz CT molecular complexity index is 278. The molecule has 0 aliphatic rings. The van der Waals surface area contributed by atoms with Crippen molar-refractivity contribution in [3.63, 3.8) is 0 Å². The van der Waals surface area contributed by atoms with Gasteiger partial charge in [-0.2, -0.15) is 5.10 Å². The third-order valence-electron chi connectivity index (χ3n) is 1.54. The fraction of sp³-hybridized carbons (Fsp3) is 0.125. The molecule has 3 nitrogen and oxygen atoms in total. The van der Waals surface area contributed by atoms with Crippen LogP contribution in [0.1, 0.15) is 12.5 Å². The van der Waals surface area contributed by atoms with Gasteiger partial charge in [0.2, 0.25) is 0 Å². The summed E-state index contributed by atoms with van der Waals surface area (Å²) in [4.78, 5) is 0. The average molecular weight is 149 g/mol. The molecular weight excluding hydrogens is 138 g/mol. The number of nitrogens with two attached hydrogens (primary N) is 2. The molecule has 0 aliphatic carbocycles. The fourth-order valence-corrected chi connectivity index (χ4v) is 0.896. The van der Waals surface area contributed by atoms with Crippen molar-refractivity contribution in [2.24, 2.45) is 10.9 Å². The third-order valence-corrected chi connectivity index (χ3v) is 1.54. The molecule has 4 N–H and O–H groups in total. The van der Waals surface area contributed by atoms with Gasteiger partial charge in [-0.05, 0) is 13.0 Å². The number of benzene rings is 1. The molecule has 0 unspecified atom stereocenters. The predicted molar refractivity (Wildman–Crippen MR) is 47.3 cm³/mol. The van der Waals surface area contributed by atoms with Gasteiger partial charge >= 0.3 is 0 Å². The first-order chi connectivity index (χ1) is 5.25. The lowest BCUT2D eigenvalue weighted by Gasteiger charge is -2.01. The topological polar surface area (TPSA) is 64.4 Å². The molecule has 0 aliphatic heterocycles. The summed E-state index contributed by atoms with van der Waals surface area (Å²) in [6, 6.07) is 7.49. The highest BCUT2D eigenvalue weighted by atomic mass is 15.1. The third kappa shape index (κ3) is 1.49. The van der Waals surface area contributed by atoms with Crippen molar-refractivity contribution in [3.05, 3.63) is 29.8 Å². The van der Waals surface area contributed by atoms with E-state index < -0.39 is 0 Å². The zero-order valence-electron chi connectivity index (χ0n) is 6.41. The number of anilines is 1. The molecule has 0 aromatic heterocycles. The van der Waals surface area contributed by atoms with E-state index in [1.54, 1.807) is 0 Å². The second-order valence-corrected chi connectivity index (χ2v) is 2.30. The average Bonchev–Trinajstić information content (AvgIpc) is 2.04. The first kappa shape index (κ1) is 7.60. The van der Waals surface area contributed by atoms with E-state index in [9.17, 15) is 0 Å². The van der Waals surface area contributed by atoms with Gasteiger partial charge in [-0.3, -0.25) is 0 Å². The quantitative estimate of drug-likeness (QED) is 0.270. The number of hydrogen-bond acceptors (Lipinski definition) is 3. The number of nitrogen functional groups attached to an aromatic ring is 1. The monoisotopic (exact) mass is 149 g/mol. The Morgan fingerprint density at radius 2 is 2.00 bits per heavy atom. The summed E-state index contributed by atoms with van der Waals surface area (Å²) in [6.07, 6.45) is 0. The molecule has 3 heteroatoms. The molecule has 1 aromatic carbocycles. The van der Waals surface area contributed by atoms with Crippen molar-refractivity contribution >= 4 is 11.4 Å².